The molecule has 0 spiro atoms. The number of alkyl carbamates (subject to hydrolysis) is 1. The summed E-state index contributed by atoms with van der Waals surface area (Å²) in [6, 6.07) is -2.24. The predicted octanol–water partition coefficient (Wildman–Crippen LogP) is 3.71. The van der Waals surface area contributed by atoms with Gasteiger partial charge in [0.25, 0.3) is 0 Å². The van der Waals surface area contributed by atoms with Crippen LogP contribution in [0.4, 0.5) is 4.79 Å². The molecule has 2 fully saturated rings. The Morgan fingerprint density at radius 3 is 2.27 bits per heavy atom. The van der Waals surface area contributed by atoms with Crippen molar-refractivity contribution in [3.05, 3.63) is 12.2 Å². The van der Waals surface area contributed by atoms with Crippen molar-refractivity contribution in [1.29, 1.82) is 0 Å². The summed E-state index contributed by atoms with van der Waals surface area (Å²) in [7, 11) is 1.32. The van der Waals surface area contributed by atoms with Gasteiger partial charge in [0.1, 0.15) is 23.7 Å². The van der Waals surface area contributed by atoms with Crippen molar-refractivity contribution in [2.24, 2.45) is 17.3 Å². The molecule has 0 radical (unpaired) electrons. The fraction of sp³-hybridized carbons (Fsp3) is 0.786. The van der Waals surface area contributed by atoms with Gasteiger partial charge in [0.15, 0.2) is 0 Å². The second-order valence-electron chi connectivity index (χ2n) is 12.2. The van der Waals surface area contributed by atoms with E-state index in [0.29, 0.717) is 19.4 Å². The number of rotatable bonds is 2. The summed E-state index contributed by atoms with van der Waals surface area (Å²) in [4.78, 5) is 54.2. The van der Waals surface area contributed by atoms with E-state index in [2.05, 4.69) is 36.6 Å². The second-order valence-corrected chi connectivity index (χ2v) is 12.2. The fourth-order valence-corrected chi connectivity index (χ4v) is 5.83. The summed E-state index contributed by atoms with van der Waals surface area (Å²) in [6.45, 7) is 10.00. The molecule has 9 heteroatoms. The van der Waals surface area contributed by atoms with E-state index < -0.39 is 35.8 Å². The van der Waals surface area contributed by atoms with E-state index in [4.69, 9.17) is 9.47 Å². The zero-order chi connectivity index (χ0) is 27.4. The Kier molecular flexibility index (Phi) is 9.29. The first-order valence-corrected chi connectivity index (χ1v) is 13.7. The number of hydrogen-bond donors (Lipinski definition) is 2. The van der Waals surface area contributed by atoms with Crippen molar-refractivity contribution < 1.29 is 28.7 Å². The van der Waals surface area contributed by atoms with E-state index in [9.17, 15) is 19.2 Å². The highest BCUT2D eigenvalue weighted by molar-refractivity contribution is 5.94. The van der Waals surface area contributed by atoms with Crippen LogP contribution in [0, 0.1) is 17.3 Å². The molecule has 37 heavy (non-hydrogen) atoms. The van der Waals surface area contributed by atoms with Gasteiger partial charge in [-0.1, -0.05) is 38.8 Å². The summed E-state index contributed by atoms with van der Waals surface area (Å²) in [5.41, 5.74) is -0.766. The molecule has 2 N–H and O–H groups in total. The minimum Gasteiger partial charge on any atom is -0.467 e. The third kappa shape index (κ3) is 7.26. The molecule has 1 saturated heterocycles. The molecule has 1 aliphatic carbocycles. The van der Waals surface area contributed by atoms with Gasteiger partial charge in [-0.3, -0.25) is 9.59 Å². The number of esters is 1. The van der Waals surface area contributed by atoms with Crippen molar-refractivity contribution in [1.82, 2.24) is 15.5 Å². The van der Waals surface area contributed by atoms with Gasteiger partial charge < -0.3 is 25.0 Å². The van der Waals surface area contributed by atoms with Crippen LogP contribution < -0.4 is 10.6 Å². The van der Waals surface area contributed by atoms with Crippen LogP contribution in [0.2, 0.25) is 0 Å². The lowest BCUT2D eigenvalue weighted by molar-refractivity contribution is -0.147. The lowest BCUT2D eigenvalue weighted by Crippen LogP contribution is -2.57. The Labute approximate surface area is 221 Å². The van der Waals surface area contributed by atoms with Crippen LogP contribution in [-0.4, -0.2) is 66.2 Å². The number of piperidine rings is 1. The lowest BCUT2D eigenvalue weighted by atomic mass is 9.98. The summed E-state index contributed by atoms with van der Waals surface area (Å²) in [5.74, 6) is -0.885. The Morgan fingerprint density at radius 2 is 1.68 bits per heavy atom. The average Bonchev–Trinajstić information content (AvgIpc) is 3.15. The average molecular weight is 520 g/mol. The first kappa shape index (κ1) is 29.0. The topological polar surface area (TPSA) is 114 Å². The largest absolute Gasteiger partial charge is 0.467 e. The smallest absolute Gasteiger partial charge is 0.408 e. The van der Waals surface area contributed by atoms with Crippen LogP contribution in [0.1, 0.15) is 86.0 Å². The van der Waals surface area contributed by atoms with E-state index in [-0.39, 0.29) is 29.1 Å². The van der Waals surface area contributed by atoms with Crippen LogP contribution >= 0.6 is 0 Å². The van der Waals surface area contributed by atoms with Crippen molar-refractivity contribution >= 4 is 23.9 Å². The molecule has 0 bridgehead atoms. The fourth-order valence-electron chi connectivity index (χ4n) is 5.83. The first-order chi connectivity index (χ1) is 17.4. The Bertz CT molecular complexity index is 893. The number of amides is 3. The molecule has 3 aliphatic rings. The summed E-state index contributed by atoms with van der Waals surface area (Å²) < 4.78 is 10.4. The molecule has 0 aromatic carbocycles. The molecule has 2 unspecified atom stereocenters. The Balaban J connectivity index is 1.86. The number of hydrogen-bond acceptors (Lipinski definition) is 6. The number of carbonyl (C=O) groups is 4. The number of carbonyl (C=O) groups excluding carboxylic acids is 4. The summed E-state index contributed by atoms with van der Waals surface area (Å²) in [5, 5.41) is 5.67. The SMILES string of the molecule is COC(=O)[C@@H]1CCCC/C=C\CCCC[C@H](NC(=O)OC(C)(C)C)C(=O)N2CC3C([C@H]2C(=O)N1)C3(C)C. The maximum Gasteiger partial charge on any atom is 0.408 e. The third-order valence-electron chi connectivity index (χ3n) is 7.95. The standard InChI is InChI=1S/C28H45N3O6/c1-27(2,3)37-26(35)30-19-15-13-11-9-7-8-10-12-14-16-20(25(34)36-6)29-23(32)22-21-18(28(21,4)5)17-31(22)24(19)33/h7-8,18-22H,9-17H2,1-6H3,(H,29,32)(H,30,35)/b8-7-/t18?,19-,20-,21?,22-/m0/s1. The van der Waals surface area contributed by atoms with E-state index >= 15 is 0 Å². The number of nitrogens with one attached hydrogen (secondary N) is 2. The molecule has 0 aromatic heterocycles. The molecule has 5 atom stereocenters. The quantitative estimate of drug-likeness (QED) is 0.425. The number of ether oxygens (including phenoxy) is 2. The minimum absolute atomic E-state index is 0.00297. The molecule has 3 amide bonds. The van der Waals surface area contributed by atoms with Crippen LogP contribution in [0.15, 0.2) is 12.2 Å². The molecule has 1 saturated carbocycles. The van der Waals surface area contributed by atoms with Gasteiger partial charge in [-0.15, -0.1) is 0 Å². The van der Waals surface area contributed by atoms with E-state index in [1.54, 1.807) is 25.7 Å². The van der Waals surface area contributed by atoms with Gasteiger partial charge in [0, 0.05) is 6.54 Å². The molecule has 2 aliphatic heterocycles. The number of allylic oxidation sites excluding steroid dienone is 2. The Hall–Kier alpha value is -2.58. The van der Waals surface area contributed by atoms with E-state index in [1.165, 1.54) is 7.11 Å². The maximum atomic E-state index is 13.8. The maximum absolute atomic E-state index is 13.8. The van der Waals surface area contributed by atoms with E-state index in [0.717, 1.165) is 38.5 Å². The molecule has 0 aromatic rings. The molecular weight excluding hydrogens is 474 g/mol. The van der Waals surface area contributed by atoms with Gasteiger partial charge in [0.05, 0.1) is 7.11 Å². The third-order valence-corrected chi connectivity index (χ3v) is 7.95. The van der Waals surface area contributed by atoms with Crippen molar-refractivity contribution in [3.63, 3.8) is 0 Å². The highest BCUT2D eigenvalue weighted by Gasteiger charge is 2.69. The number of methoxy groups -OCH3 is 1. The molecular formula is C28H45N3O6. The van der Waals surface area contributed by atoms with Crippen LogP contribution in [0.25, 0.3) is 0 Å². The predicted molar refractivity (Wildman–Crippen MR) is 139 cm³/mol. The monoisotopic (exact) mass is 519 g/mol. The second kappa shape index (κ2) is 11.9. The van der Waals surface area contributed by atoms with Crippen molar-refractivity contribution in [2.45, 2.75) is 110 Å². The van der Waals surface area contributed by atoms with Crippen LogP contribution in [-0.2, 0) is 23.9 Å². The summed E-state index contributed by atoms with van der Waals surface area (Å²) in [6.07, 6.45) is 9.69. The lowest BCUT2D eigenvalue weighted by Gasteiger charge is -2.34. The van der Waals surface area contributed by atoms with E-state index in [1.807, 2.05) is 0 Å². The minimum atomic E-state index is -0.790. The molecule has 2 heterocycles. The van der Waals surface area contributed by atoms with Crippen LogP contribution in [0.5, 0.6) is 0 Å². The van der Waals surface area contributed by atoms with Gasteiger partial charge in [0.2, 0.25) is 11.8 Å². The summed E-state index contributed by atoms with van der Waals surface area (Å²) >= 11 is 0. The van der Waals surface area contributed by atoms with Crippen LogP contribution in [0.3, 0.4) is 0 Å². The molecule has 208 valence electrons. The highest BCUT2D eigenvalue weighted by Crippen LogP contribution is 2.64. The van der Waals surface area contributed by atoms with Crippen molar-refractivity contribution in [3.8, 4) is 0 Å². The first-order valence-electron chi connectivity index (χ1n) is 13.7. The highest BCUT2D eigenvalue weighted by atomic mass is 16.6. The normalized spacial score (nSPS) is 31.7. The Morgan fingerprint density at radius 1 is 1.05 bits per heavy atom. The van der Waals surface area contributed by atoms with Gasteiger partial charge >= 0.3 is 12.1 Å². The van der Waals surface area contributed by atoms with Gasteiger partial charge in [-0.05, 0) is 76.5 Å². The molecule has 9 nitrogen and oxygen atoms in total. The number of nitrogens with zero attached hydrogens (tertiary/aromatic N) is 1. The van der Waals surface area contributed by atoms with Gasteiger partial charge in [-0.2, -0.15) is 0 Å². The van der Waals surface area contributed by atoms with Gasteiger partial charge in [-0.25, -0.2) is 9.59 Å². The zero-order valence-corrected chi connectivity index (χ0v) is 23.3. The zero-order valence-electron chi connectivity index (χ0n) is 23.3. The number of fused-ring (bicyclic) bond motifs is 3. The van der Waals surface area contributed by atoms with Crippen molar-refractivity contribution in [2.75, 3.05) is 13.7 Å². The molecule has 3 rings (SSSR count).